The normalized spacial score (nSPS) is 24.5. The van der Waals surface area contributed by atoms with Gasteiger partial charge in [0.1, 0.15) is 6.61 Å². The number of ether oxygens (including phenoxy) is 1. The van der Waals surface area contributed by atoms with Crippen LogP contribution in [-0.4, -0.2) is 53.0 Å². The molecule has 33 heavy (non-hydrogen) atoms. The number of amides is 2. The molecule has 6 rings (SSSR count). The number of piperidine rings is 1. The third-order valence-electron chi connectivity index (χ3n) is 7.44. The molecule has 0 radical (unpaired) electrons. The molecular weight excluding hydrogens is 440 g/mol. The number of nitrogens with one attached hydrogen (secondary N) is 2. The highest BCUT2D eigenvalue weighted by Gasteiger charge is 2.44. The molecule has 1 aromatic heterocycles. The third-order valence-corrected chi connectivity index (χ3v) is 7.44. The van der Waals surface area contributed by atoms with Gasteiger partial charge in [0.25, 0.3) is 5.91 Å². The summed E-state index contributed by atoms with van der Waals surface area (Å²) in [5, 5.41) is 2.97. The van der Waals surface area contributed by atoms with Crippen molar-refractivity contribution in [3.05, 3.63) is 51.8 Å². The summed E-state index contributed by atoms with van der Waals surface area (Å²) in [7, 11) is 0. The highest BCUT2D eigenvalue weighted by atomic mass is 35.5. The highest BCUT2D eigenvalue weighted by Crippen LogP contribution is 2.45. The quantitative estimate of drug-likeness (QED) is 0.651. The van der Waals surface area contributed by atoms with Gasteiger partial charge in [0.2, 0.25) is 0 Å². The van der Waals surface area contributed by atoms with E-state index in [-0.39, 0.29) is 24.4 Å². The number of aromatic nitrogens is 1. The Bertz CT molecular complexity index is 1160. The van der Waals surface area contributed by atoms with Gasteiger partial charge < -0.3 is 19.9 Å². The van der Waals surface area contributed by atoms with E-state index >= 15 is 0 Å². The largest absolute Gasteiger partial charge is 0.448 e. The van der Waals surface area contributed by atoms with Gasteiger partial charge in [-0.25, -0.2) is 4.79 Å². The lowest BCUT2D eigenvalue weighted by Crippen LogP contribution is -2.23. The van der Waals surface area contributed by atoms with E-state index in [1.807, 2.05) is 24.3 Å². The highest BCUT2D eigenvalue weighted by molar-refractivity contribution is 6.34. The monoisotopic (exact) mass is 468 g/mol. The molecule has 0 spiro atoms. The fourth-order valence-electron chi connectivity index (χ4n) is 5.46. The molecule has 3 fully saturated rings. The molecule has 8 heteroatoms. The molecule has 2 saturated heterocycles. The second-order valence-electron chi connectivity index (χ2n) is 9.65. The maximum atomic E-state index is 12.8. The van der Waals surface area contributed by atoms with E-state index in [9.17, 15) is 9.59 Å². The Hall–Kier alpha value is -2.77. The fourth-order valence-corrected chi connectivity index (χ4v) is 5.46. The van der Waals surface area contributed by atoms with Gasteiger partial charge in [-0.15, -0.1) is 12.4 Å². The number of aromatic amines is 1. The number of carbonyl (C=O) groups excluding carboxylic acids is 2. The fraction of sp³-hybridized carbons (Fsp3) is 0.440. The van der Waals surface area contributed by atoms with Crippen LogP contribution >= 0.6 is 12.4 Å². The minimum Gasteiger partial charge on any atom is -0.448 e. The van der Waals surface area contributed by atoms with Crippen LogP contribution in [0.5, 0.6) is 0 Å². The van der Waals surface area contributed by atoms with E-state index in [1.54, 1.807) is 4.90 Å². The van der Waals surface area contributed by atoms with Crippen molar-refractivity contribution in [3.63, 3.8) is 0 Å². The van der Waals surface area contributed by atoms with Gasteiger partial charge in [0.15, 0.2) is 0 Å². The summed E-state index contributed by atoms with van der Waals surface area (Å²) in [6, 6.07) is 5.88. The number of likely N-dealkylation sites (tertiary alicyclic amines) is 1. The van der Waals surface area contributed by atoms with Gasteiger partial charge in [-0.1, -0.05) is 6.07 Å². The number of benzene rings is 1. The number of halogens is 1. The van der Waals surface area contributed by atoms with Gasteiger partial charge in [0.05, 0.1) is 12.1 Å². The van der Waals surface area contributed by atoms with E-state index in [0.717, 1.165) is 40.9 Å². The number of anilines is 1. The molecule has 4 heterocycles. The van der Waals surface area contributed by atoms with Gasteiger partial charge >= 0.3 is 6.09 Å². The number of aryl methyl sites for hydroxylation is 1. The third kappa shape index (κ3) is 3.93. The smallest absolute Gasteiger partial charge is 0.410 e. The summed E-state index contributed by atoms with van der Waals surface area (Å²) in [5.74, 6) is 1.75. The van der Waals surface area contributed by atoms with Crippen LogP contribution in [0.1, 0.15) is 40.1 Å². The zero-order valence-electron chi connectivity index (χ0n) is 18.9. The van der Waals surface area contributed by atoms with Crippen molar-refractivity contribution in [2.24, 2.45) is 11.8 Å². The number of cyclic esters (lactones) is 1. The molecule has 2 amide bonds. The molecule has 2 N–H and O–H groups in total. The van der Waals surface area contributed by atoms with Crippen molar-refractivity contribution in [3.8, 4) is 0 Å². The average molecular weight is 469 g/mol. The number of hydrogen-bond acceptors (Lipinski definition) is 4. The van der Waals surface area contributed by atoms with Crippen LogP contribution in [0.3, 0.4) is 0 Å². The number of hydrogen-bond donors (Lipinski definition) is 2. The van der Waals surface area contributed by atoms with Crippen molar-refractivity contribution in [1.82, 2.24) is 14.8 Å². The predicted octanol–water partition coefficient (Wildman–Crippen LogP) is 3.95. The first-order chi connectivity index (χ1) is 15.5. The molecule has 1 saturated carbocycles. The van der Waals surface area contributed by atoms with E-state index in [0.29, 0.717) is 25.3 Å². The maximum absolute atomic E-state index is 12.8. The molecule has 7 nitrogen and oxygen atoms in total. The molecule has 2 atom stereocenters. The summed E-state index contributed by atoms with van der Waals surface area (Å²) < 4.78 is 5.03. The van der Waals surface area contributed by atoms with E-state index in [2.05, 4.69) is 29.0 Å². The summed E-state index contributed by atoms with van der Waals surface area (Å²) in [6.45, 7) is 9.18. The maximum Gasteiger partial charge on any atom is 0.410 e. The summed E-state index contributed by atoms with van der Waals surface area (Å²) in [6.07, 6.45) is 3.10. The minimum atomic E-state index is -0.282. The van der Waals surface area contributed by atoms with Gasteiger partial charge in [0, 0.05) is 48.8 Å². The second-order valence-corrected chi connectivity index (χ2v) is 9.65. The SMILES string of the molecule is Cc1[nH]c(C=C2C(=O)Nc3ccc(CN4CCOC4=O)cc32)c(C)c1CN1C[C@H]2C[C@H]2C1.Cl. The zero-order valence-corrected chi connectivity index (χ0v) is 19.8. The molecule has 4 aliphatic rings. The number of rotatable bonds is 5. The lowest BCUT2D eigenvalue weighted by molar-refractivity contribution is -0.110. The lowest BCUT2D eigenvalue weighted by Gasteiger charge is -2.17. The van der Waals surface area contributed by atoms with Crippen LogP contribution in [0.25, 0.3) is 11.6 Å². The van der Waals surface area contributed by atoms with Gasteiger partial charge in [-0.3, -0.25) is 9.69 Å². The summed E-state index contributed by atoms with van der Waals surface area (Å²) in [4.78, 5) is 32.3. The molecule has 1 aliphatic carbocycles. The van der Waals surface area contributed by atoms with Crippen molar-refractivity contribution in [2.45, 2.75) is 33.4 Å². The topological polar surface area (TPSA) is 77.7 Å². The first kappa shape index (κ1) is 22.0. The summed E-state index contributed by atoms with van der Waals surface area (Å²) >= 11 is 0. The standard InChI is InChI=1S/C25H28N4O3.ClH/c1-14-21(13-28-11-17-8-18(17)12-28)15(2)26-23(14)9-20-19-7-16(3-4-22(19)27-24(20)30)10-29-5-6-32-25(29)31;/h3-4,7,9,17-18,26H,5-6,8,10-13H2,1-2H3,(H,27,30);1H/t17-,18+;. The molecule has 174 valence electrons. The number of carbonyl (C=O) groups is 2. The number of H-pyrrole nitrogens is 1. The molecule has 0 unspecified atom stereocenters. The van der Waals surface area contributed by atoms with Gasteiger partial charge in [-0.05, 0) is 67.0 Å². The van der Waals surface area contributed by atoms with Gasteiger partial charge in [-0.2, -0.15) is 0 Å². The van der Waals surface area contributed by atoms with Crippen LogP contribution in [-0.2, 0) is 22.6 Å². The Morgan fingerprint density at radius 2 is 1.94 bits per heavy atom. The first-order valence-electron chi connectivity index (χ1n) is 11.4. The van der Waals surface area contributed by atoms with E-state index < -0.39 is 0 Å². The van der Waals surface area contributed by atoms with Crippen molar-refractivity contribution in [1.29, 1.82) is 0 Å². The van der Waals surface area contributed by atoms with E-state index in [1.165, 1.54) is 36.3 Å². The van der Waals surface area contributed by atoms with Crippen molar-refractivity contribution >= 4 is 41.7 Å². The summed E-state index contributed by atoms with van der Waals surface area (Å²) in [5.41, 5.74) is 8.07. The molecular formula is C25H29ClN4O3. The van der Waals surface area contributed by atoms with Crippen molar-refractivity contribution < 1.29 is 14.3 Å². The van der Waals surface area contributed by atoms with Crippen molar-refractivity contribution in [2.75, 3.05) is 31.6 Å². The number of nitrogens with zero attached hydrogens (tertiary/aromatic N) is 2. The second kappa shape index (κ2) is 8.22. The Kier molecular flexibility index (Phi) is 5.49. The Labute approximate surface area is 199 Å². The minimum absolute atomic E-state index is 0. The Balaban J connectivity index is 0.00000228. The molecule has 0 bridgehead atoms. The van der Waals surface area contributed by atoms with E-state index in [4.69, 9.17) is 4.74 Å². The lowest BCUT2D eigenvalue weighted by atomic mass is 10.0. The van der Waals surface area contributed by atoms with Crippen LogP contribution in [0.15, 0.2) is 18.2 Å². The Morgan fingerprint density at radius 1 is 1.15 bits per heavy atom. The number of fused-ring (bicyclic) bond motifs is 2. The Morgan fingerprint density at radius 3 is 2.67 bits per heavy atom. The molecule has 2 aromatic rings. The molecule has 1 aromatic carbocycles. The zero-order chi connectivity index (χ0) is 22.0. The average Bonchev–Trinajstić information content (AvgIpc) is 3.05. The van der Waals surface area contributed by atoms with Crippen LogP contribution in [0.2, 0.25) is 0 Å². The van der Waals surface area contributed by atoms with Crippen LogP contribution in [0.4, 0.5) is 10.5 Å². The predicted molar refractivity (Wildman–Crippen MR) is 129 cm³/mol. The van der Waals surface area contributed by atoms with Crippen LogP contribution in [0, 0.1) is 25.7 Å². The molecule has 3 aliphatic heterocycles. The first-order valence-corrected chi connectivity index (χ1v) is 11.4. The van der Waals surface area contributed by atoms with Crippen LogP contribution < -0.4 is 5.32 Å².